The first kappa shape index (κ1) is 11.4. The van der Waals surface area contributed by atoms with Gasteiger partial charge in [-0.25, -0.2) is 0 Å². The average Bonchev–Trinajstić information content (AvgIpc) is 2.28. The number of nitrogens with zero attached hydrogens (tertiary/aromatic N) is 1. The van der Waals surface area contributed by atoms with Crippen molar-refractivity contribution in [2.24, 2.45) is 5.92 Å². The van der Waals surface area contributed by atoms with Crippen molar-refractivity contribution in [2.45, 2.75) is 38.1 Å². The van der Waals surface area contributed by atoms with Gasteiger partial charge in [0.25, 0.3) is 0 Å². The lowest BCUT2D eigenvalue weighted by atomic mass is 9.81. The molecule has 2 N–H and O–H groups in total. The molecule has 2 fully saturated rings. The third kappa shape index (κ3) is 2.05. The topological polar surface area (TPSA) is 40.5 Å². The zero-order chi connectivity index (χ0) is 10.7. The van der Waals surface area contributed by atoms with E-state index in [9.17, 15) is 10.2 Å². The van der Waals surface area contributed by atoms with E-state index in [1.165, 1.54) is 45.2 Å². The van der Waals surface area contributed by atoms with Crippen LogP contribution < -0.4 is 0 Å². The van der Waals surface area contributed by atoms with Gasteiger partial charge < -0.3 is 14.7 Å². The molecule has 2 aliphatic rings. The van der Waals surface area contributed by atoms with Gasteiger partial charge in [0.1, 0.15) is 6.54 Å². The Morgan fingerprint density at radius 1 is 1.00 bits per heavy atom. The fourth-order valence-corrected chi connectivity index (χ4v) is 3.84. The minimum atomic E-state index is 0.300. The van der Waals surface area contributed by atoms with Gasteiger partial charge in [-0.2, -0.15) is 0 Å². The van der Waals surface area contributed by atoms with Crippen LogP contribution in [0.15, 0.2) is 0 Å². The maximum Gasteiger partial charge on any atom is 0.102 e. The molecule has 0 amide bonds. The zero-order valence-corrected chi connectivity index (χ0v) is 9.57. The van der Waals surface area contributed by atoms with Crippen LogP contribution in [-0.2, 0) is 0 Å². The van der Waals surface area contributed by atoms with E-state index in [1.54, 1.807) is 0 Å². The Morgan fingerprint density at radius 3 is 2.53 bits per heavy atom. The zero-order valence-electron chi connectivity index (χ0n) is 9.57. The third-order valence-corrected chi connectivity index (χ3v) is 4.56. The predicted molar refractivity (Wildman–Crippen MR) is 59.4 cm³/mol. The molecule has 2 aliphatic heterocycles. The second-order valence-electron chi connectivity index (χ2n) is 5.26. The maximum atomic E-state index is 9.44. The summed E-state index contributed by atoms with van der Waals surface area (Å²) in [7, 11) is 0. The summed E-state index contributed by atoms with van der Waals surface area (Å²) in [5, 5.41) is 18.7. The Morgan fingerprint density at radius 2 is 1.80 bits per heavy atom. The number of hydrogen-bond donors (Lipinski definition) is 2. The van der Waals surface area contributed by atoms with Crippen LogP contribution in [-0.4, -0.2) is 53.6 Å². The molecule has 15 heavy (non-hydrogen) atoms. The van der Waals surface area contributed by atoms with Crippen molar-refractivity contribution in [2.75, 3.05) is 32.8 Å². The highest BCUT2D eigenvalue weighted by molar-refractivity contribution is 4.79. The molecule has 0 aromatic rings. The molecule has 3 nitrogen and oxygen atoms in total. The number of piperidine rings is 2. The number of hydrogen-bond acceptors (Lipinski definition) is 2. The Balaban J connectivity index is 2.13. The fraction of sp³-hybridized carbons (Fsp3) is 1.00. The summed E-state index contributed by atoms with van der Waals surface area (Å²) in [5.74, 6) is 0.491. The molecule has 3 heteroatoms. The maximum absolute atomic E-state index is 9.44. The smallest absolute Gasteiger partial charge is 0.102 e. The van der Waals surface area contributed by atoms with Gasteiger partial charge >= 0.3 is 0 Å². The molecule has 0 saturated carbocycles. The molecule has 0 aromatic heterocycles. The van der Waals surface area contributed by atoms with E-state index in [-0.39, 0.29) is 0 Å². The number of quaternary nitrogens is 1. The molecule has 88 valence electrons. The molecular formula is C12H24NO2+. The minimum absolute atomic E-state index is 0.300. The highest BCUT2D eigenvalue weighted by Gasteiger charge is 2.45. The first-order chi connectivity index (χ1) is 7.32. The number of rotatable bonds is 3. The summed E-state index contributed by atoms with van der Waals surface area (Å²) < 4.78 is 1.10. The van der Waals surface area contributed by atoms with Crippen molar-refractivity contribution in [1.82, 2.24) is 0 Å². The molecule has 2 saturated heterocycles. The third-order valence-electron chi connectivity index (χ3n) is 4.56. The Hall–Kier alpha value is -0.120. The number of aliphatic hydroxyl groups excluding tert-OH is 2. The van der Waals surface area contributed by atoms with E-state index in [4.69, 9.17) is 0 Å². The molecule has 2 heterocycles. The van der Waals surface area contributed by atoms with Crippen molar-refractivity contribution < 1.29 is 14.7 Å². The van der Waals surface area contributed by atoms with Gasteiger partial charge in [-0.3, -0.25) is 0 Å². The van der Waals surface area contributed by atoms with E-state index < -0.39 is 0 Å². The highest BCUT2D eigenvalue weighted by atomic mass is 16.3. The summed E-state index contributed by atoms with van der Waals surface area (Å²) in [6, 6.07) is 0.629. The first-order valence-electron chi connectivity index (χ1n) is 6.40. The normalized spacial score (nSPS) is 41.2. The molecular weight excluding hydrogens is 190 g/mol. The Labute approximate surface area is 92.3 Å². The van der Waals surface area contributed by atoms with Gasteiger partial charge in [0.2, 0.25) is 0 Å². The van der Waals surface area contributed by atoms with E-state index in [2.05, 4.69) is 0 Å². The average molecular weight is 214 g/mol. The van der Waals surface area contributed by atoms with Crippen molar-refractivity contribution in [1.29, 1.82) is 0 Å². The largest absolute Gasteiger partial charge is 0.396 e. The van der Waals surface area contributed by atoms with E-state index >= 15 is 0 Å². The second-order valence-corrected chi connectivity index (χ2v) is 5.26. The van der Waals surface area contributed by atoms with Gasteiger partial charge in [0.05, 0.1) is 32.3 Å². The van der Waals surface area contributed by atoms with E-state index in [0.29, 0.717) is 25.2 Å². The highest BCUT2D eigenvalue weighted by Crippen LogP contribution is 2.36. The minimum Gasteiger partial charge on any atom is -0.396 e. The van der Waals surface area contributed by atoms with Crippen LogP contribution in [0.4, 0.5) is 0 Å². The van der Waals surface area contributed by atoms with Crippen molar-refractivity contribution in [3.05, 3.63) is 0 Å². The van der Waals surface area contributed by atoms with Crippen LogP contribution in [0.3, 0.4) is 0 Å². The second kappa shape index (κ2) is 4.81. The lowest BCUT2D eigenvalue weighted by molar-refractivity contribution is -0.964. The Kier molecular flexibility index (Phi) is 3.65. The van der Waals surface area contributed by atoms with Crippen LogP contribution in [0.25, 0.3) is 0 Å². The quantitative estimate of drug-likeness (QED) is 0.681. The summed E-state index contributed by atoms with van der Waals surface area (Å²) >= 11 is 0. The first-order valence-corrected chi connectivity index (χ1v) is 6.40. The van der Waals surface area contributed by atoms with Crippen LogP contribution >= 0.6 is 0 Å². The van der Waals surface area contributed by atoms with Crippen LogP contribution in [0.1, 0.15) is 32.1 Å². The molecule has 0 radical (unpaired) electrons. The molecule has 0 spiro atoms. The van der Waals surface area contributed by atoms with Gasteiger partial charge in [0.15, 0.2) is 0 Å². The van der Waals surface area contributed by atoms with Crippen molar-refractivity contribution in [3.8, 4) is 0 Å². The van der Waals surface area contributed by atoms with Crippen LogP contribution in [0.2, 0.25) is 0 Å². The molecule has 2 rings (SSSR count). The fourth-order valence-electron chi connectivity index (χ4n) is 3.84. The van der Waals surface area contributed by atoms with Crippen molar-refractivity contribution >= 4 is 0 Å². The van der Waals surface area contributed by atoms with Gasteiger partial charge in [-0.1, -0.05) is 0 Å². The van der Waals surface area contributed by atoms with Gasteiger partial charge in [0, 0.05) is 12.3 Å². The van der Waals surface area contributed by atoms with Crippen LogP contribution in [0, 0.1) is 5.92 Å². The lowest BCUT2D eigenvalue weighted by Crippen LogP contribution is -2.64. The molecule has 0 aromatic carbocycles. The SMILES string of the molecule is OCC[N@+]12CCCC[C@H]1[C@H](CO)CCC2. The molecule has 0 unspecified atom stereocenters. The van der Waals surface area contributed by atoms with E-state index in [0.717, 1.165) is 11.0 Å². The van der Waals surface area contributed by atoms with Gasteiger partial charge in [-0.15, -0.1) is 0 Å². The summed E-state index contributed by atoms with van der Waals surface area (Å²) in [5.41, 5.74) is 0. The number of aliphatic hydroxyl groups is 2. The van der Waals surface area contributed by atoms with Crippen molar-refractivity contribution in [3.63, 3.8) is 0 Å². The standard InChI is InChI=1S/C12H24NO2/c14-9-8-13-6-2-1-5-12(13)11(10-15)4-3-7-13/h11-12,14-15H,1-10H2/q+1/t11-,12-,13+/m0/s1. The summed E-state index contributed by atoms with van der Waals surface area (Å²) in [6.07, 6.45) is 6.28. The van der Waals surface area contributed by atoms with E-state index in [1.807, 2.05) is 0 Å². The summed E-state index contributed by atoms with van der Waals surface area (Å²) in [6.45, 7) is 4.00. The number of fused-ring (bicyclic) bond motifs is 1. The predicted octanol–water partition coefficient (Wildman–Crippen LogP) is 0.750. The molecule has 3 atom stereocenters. The lowest BCUT2D eigenvalue weighted by Gasteiger charge is -2.53. The monoisotopic (exact) mass is 214 g/mol. The summed E-state index contributed by atoms with van der Waals surface area (Å²) in [4.78, 5) is 0. The molecule has 0 bridgehead atoms. The van der Waals surface area contributed by atoms with Crippen LogP contribution in [0.5, 0.6) is 0 Å². The molecule has 0 aliphatic carbocycles. The Bertz CT molecular complexity index is 200. The van der Waals surface area contributed by atoms with Gasteiger partial charge in [-0.05, 0) is 25.7 Å².